The zero-order valence-corrected chi connectivity index (χ0v) is 13.4. The molecule has 0 saturated heterocycles. The van der Waals surface area contributed by atoms with Gasteiger partial charge in [0.05, 0.1) is 5.56 Å². The molecule has 1 aromatic carbocycles. The van der Waals surface area contributed by atoms with Crippen LogP contribution < -0.4 is 5.32 Å². The molecule has 1 aliphatic rings. The van der Waals surface area contributed by atoms with Crippen molar-refractivity contribution in [3.63, 3.8) is 0 Å². The third kappa shape index (κ3) is 4.06. The van der Waals surface area contributed by atoms with Gasteiger partial charge in [-0.2, -0.15) is 0 Å². The minimum atomic E-state index is -0.888. The van der Waals surface area contributed by atoms with Gasteiger partial charge in [0.1, 0.15) is 0 Å². The molecule has 110 valence electrons. The number of carboxylic acid groups (broad SMARTS) is 1. The van der Waals surface area contributed by atoms with Gasteiger partial charge in [-0.1, -0.05) is 48.2 Å². The highest BCUT2D eigenvalue weighted by Crippen LogP contribution is 2.29. The number of hydrogen-bond acceptors (Lipinski definition) is 2. The lowest BCUT2D eigenvalue weighted by atomic mass is 9.80. The summed E-state index contributed by atoms with van der Waals surface area (Å²) in [7, 11) is 0. The topological polar surface area (TPSA) is 49.3 Å². The Bertz CT molecular complexity index is 476. The summed E-state index contributed by atoms with van der Waals surface area (Å²) in [5, 5.41) is 12.5. The van der Waals surface area contributed by atoms with Crippen molar-refractivity contribution >= 4 is 21.9 Å². The normalized spacial score (nSPS) is 22.7. The minimum Gasteiger partial charge on any atom is -0.478 e. The zero-order chi connectivity index (χ0) is 14.5. The molecule has 0 amide bonds. The Morgan fingerprint density at radius 3 is 2.80 bits per heavy atom. The predicted molar refractivity (Wildman–Crippen MR) is 83.9 cm³/mol. The fraction of sp³-hybridized carbons (Fsp3) is 0.562. The molecule has 2 atom stereocenters. The summed E-state index contributed by atoms with van der Waals surface area (Å²) >= 11 is 3.45. The molecule has 0 aliphatic heterocycles. The van der Waals surface area contributed by atoms with Crippen LogP contribution >= 0.6 is 15.9 Å². The third-order valence-electron chi connectivity index (χ3n) is 4.31. The van der Waals surface area contributed by atoms with Gasteiger partial charge in [0.15, 0.2) is 0 Å². The first kappa shape index (κ1) is 15.5. The van der Waals surface area contributed by atoms with Gasteiger partial charge < -0.3 is 10.4 Å². The molecule has 0 bridgehead atoms. The van der Waals surface area contributed by atoms with E-state index in [1.165, 1.54) is 25.7 Å². The molecule has 1 saturated carbocycles. The molecule has 1 aromatic rings. The third-order valence-corrected chi connectivity index (χ3v) is 5.05. The van der Waals surface area contributed by atoms with E-state index in [1.807, 2.05) is 6.07 Å². The van der Waals surface area contributed by atoms with Crippen LogP contribution in [0.2, 0.25) is 0 Å². The van der Waals surface area contributed by atoms with E-state index in [2.05, 4.69) is 28.2 Å². The van der Waals surface area contributed by atoms with Gasteiger partial charge in [-0.3, -0.25) is 0 Å². The van der Waals surface area contributed by atoms with Gasteiger partial charge in [0.2, 0.25) is 0 Å². The van der Waals surface area contributed by atoms with Crippen molar-refractivity contribution in [3.8, 4) is 0 Å². The lowest BCUT2D eigenvalue weighted by molar-refractivity contribution is 0.0697. The van der Waals surface area contributed by atoms with Crippen LogP contribution in [0.1, 0.15) is 48.5 Å². The predicted octanol–water partition coefficient (Wildman–Crippen LogP) is 4.06. The first-order valence-corrected chi connectivity index (χ1v) is 8.09. The number of halogens is 1. The average molecular weight is 340 g/mol. The molecule has 4 heteroatoms. The summed E-state index contributed by atoms with van der Waals surface area (Å²) in [6.45, 7) is 4.18. The van der Waals surface area contributed by atoms with Gasteiger partial charge in [-0.25, -0.2) is 4.79 Å². The van der Waals surface area contributed by atoms with Crippen molar-refractivity contribution in [1.29, 1.82) is 0 Å². The molecule has 3 nitrogen and oxygen atoms in total. The lowest BCUT2D eigenvalue weighted by Crippen LogP contribution is -2.29. The average Bonchev–Trinajstić information content (AvgIpc) is 2.42. The standard InChI is InChI=1S/C16H22BrNO2/c1-11-4-2-3-5-13(11)9-18-10-14-7-6-12(16(19)20)8-15(14)17/h6-8,11,13,18H,2-5,9-10H2,1H3,(H,19,20). The number of carbonyl (C=O) groups is 1. The van der Waals surface area contributed by atoms with E-state index in [0.717, 1.165) is 35.0 Å². The number of aromatic carboxylic acids is 1. The quantitative estimate of drug-likeness (QED) is 0.850. The number of benzene rings is 1. The van der Waals surface area contributed by atoms with Crippen molar-refractivity contribution in [2.45, 2.75) is 39.2 Å². The van der Waals surface area contributed by atoms with Crippen molar-refractivity contribution < 1.29 is 9.90 Å². The Labute approximate surface area is 128 Å². The zero-order valence-electron chi connectivity index (χ0n) is 11.9. The molecule has 0 spiro atoms. The molecule has 20 heavy (non-hydrogen) atoms. The van der Waals surface area contributed by atoms with Gasteiger partial charge in [-0.05, 0) is 42.5 Å². The largest absolute Gasteiger partial charge is 0.478 e. The summed E-state index contributed by atoms with van der Waals surface area (Å²) in [6, 6.07) is 5.21. The van der Waals surface area contributed by atoms with Gasteiger partial charge >= 0.3 is 5.97 Å². The molecule has 1 aliphatic carbocycles. The molecular formula is C16H22BrNO2. The van der Waals surface area contributed by atoms with Crippen molar-refractivity contribution in [1.82, 2.24) is 5.32 Å². The van der Waals surface area contributed by atoms with Crippen LogP contribution in [0.3, 0.4) is 0 Å². The Hall–Kier alpha value is -0.870. The second-order valence-electron chi connectivity index (χ2n) is 5.76. The van der Waals surface area contributed by atoms with Gasteiger partial charge in [-0.15, -0.1) is 0 Å². The molecule has 2 N–H and O–H groups in total. The molecular weight excluding hydrogens is 318 g/mol. The van der Waals surface area contributed by atoms with Crippen molar-refractivity contribution in [2.75, 3.05) is 6.54 Å². The summed E-state index contributed by atoms with van der Waals surface area (Å²) in [4.78, 5) is 10.9. The first-order chi connectivity index (χ1) is 9.58. The SMILES string of the molecule is CC1CCCCC1CNCc1ccc(C(=O)O)cc1Br. The summed E-state index contributed by atoms with van der Waals surface area (Å²) in [5.41, 5.74) is 1.43. The number of nitrogens with one attached hydrogen (secondary N) is 1. The number of rotatable bonds is 5. The molecule has 2 unspecified atom stereocenters. The van der Waals surface area contributed by atoms with E-state index in [9.17, 15) is 4.79 Å². The maximum Gasteiger partial charge on any atom is 0.335 e. The molecule has 1 fully saturated rings. The number of carboxylic acids is 1. The highest BCUT2D eigenvalue weighted by molar-refractivity contribution is 9.10. The monoisotopic (exact) mass is 339 g/mol. The van der Waals surface area contributed by atoms with E-state index in [4.69, 9.17) is 5.11 Å². The van der Waals surface area contributed by atoms with E-state index < -0.39 is 5.97 Å². The maximum atomic E-state index is 10.9. The van der Waals surface area contributed by atoms with Crippen molar-refractivity contribution in [2.24, 2.45) is 11.8 Å². The fourth-order valence-electron chi connectivity index (χ4n) is 2.91. The Balaban J connectivity index is 1.86. The highest BCUT2D eigenvalue weighted by Gasteiger charge is 2.20. The van der Waals surface area contributed by atoms with Crippen LogP contribution in [0.4, 0.5) is 0 Å². The van der Waals surface area contributed by atoms with E-state index >= 15 is 0 Å². The smallest absolute Gasteiger partial charge is 0.335 e. The minimum absolute atomic E-state index is 0.321. The number of hydrogen-bond donors (Lipinski definition) is 2. The first-order valence-electron chi connectivity index (χ1n) is 7.30. The van der Waals surface area contributed by atoms with Crippen LogP contribution in [-0.2, 0) is 6.54 Å². The second kappa shape index (κ2) is 7.23. The summed E-state index contributed by atoms with van der Waals surface area (Å²) in [6.07, 6.45) is 5.41. The van der Waals surface area contributed by atoms with E-state index in [0.29, 0.717) is 5.56 Å². The molecule has 0 heterocycles. The van der Waals surface area contributed by atoms with Crippen molar-refractivity contribution in [3.05, 3.63) is 33.8 Å². The van der Waals surface area contributed by atoms with Crippen LogP contribution in [-0.4, -0.2) is 17.6 Å². The van der Waals surface area contributed by atoms with E-state index in [-0.39, 0.29) is 0 Å². The van der Waals surface area contributed by atoms with Gasteiger partial charge in [0, 0.05) is 11.0 Å². The van der Waals surface area contributed by atoms with Crippen LogP contribution in [0.25, 0.3) is 0 Å². The molecule has 0 radical (unpaired) electrons. The molecule has 2 rings (SSSR count). The Morgan fingerprint density at radius 1 is 1.40 bits per heavy atom. The van der Waals surface area contributed by atoms with Crippen LogP contribution in [0, 0.1) is 11.8 Å². The second-order valence-corrected chi connectivity index (χ2v) is 6.62. The lowest BCUT2D eigenvalue weighted by Gasteiger charge is -2.29. The van der Waals surface area contributed by atoms with E-state index in [1.54, 1.807) is 12.1 Å². The molecule has 0 aromatic heterocycles. The summed E-state index contributed by atoms with van der Waals surface area (Å²) < 4.78 is 0.863. The highest BCUT2D eigenvalue weighted by atomic mass is 79.9. The van der Waals surface area contributed by atoms with Crippen LogP contribution in [0.15, 0.2) is 22.7 Å². The maximum absolute atomic E-state index is 10.9. The summed E-state index contributed by atoms with van der Waals surface area (Å²) in [5.74, 6) is 0.705. The fourth-order valence-corrected chi connectivity index (χ4v) is 3.43. The Morgan fingerprint density at radius 2 is 2.15 bits per heavy atom. The Kier molecular flexibility index (Phi) is 5.61. The van der Waals surface area contributed by atoms with Crippen LogP contribution in [0.5, 0.6) is 0 Å². The van der Waals surface area contributed by atoms with Gasteiger partial charge in [0.25, 0.3) is 0 Å².